The summed E-state index contributed by atoms with van der Waals surface area (Å²) < 4.78 is 5.38. The number of piperazine rings is 1. The normalized spacial score (nSPS) is 19.8. The van der Waals surface area contributed by atoms with Crippen molar-refractivity contribution in [1.29, 1.82) is 0 Å². The van der Waals surface area contributed by atoms with Crippen molar-refractivity contribution in [3.05, 3.63) is 28.8 Å². The second-order valence-electron chi connectivity index (χ2n) is 6.63. The Bertz CT molecular complexity index is 584. The molecule has 2 aliphatic rings. The minimum Gasteiger partial charge on any atom is -0.379 e. The van der Waals surface area contributed by atoms with Crippen LogP contribution in [0.1, 0.15) is 5.56 Å². The van der Waals surface area contributed by atoms with Gasteiger partial charge in [0, 0.05) is 63.1 Å². The lowest BCUT2D eigenvalue weighted by molar-refractivity contribution is 0.0311. The fraction of sp³-hybridized carbons (Fsp3) is 0.611. The van der Waals surface area contributed by atoms with Crippen molar-refractivity contribution >= 4 is 23.3 Å². The van der Waals surface area contributed by atoms with Gasteiger partial charge in [0.15, 0.2) is 0 Å². The predicted octanol–water partition coefficient (Wildman–Crippen LogP) is 2.13. The van der Waals surface area contributed by atoms with Gasteiger partial charge in [0.25, 0.3) is 0 Å². The Hall–Kier alpha value is -1.34. The summed E-state index contributed by atoms with van der Waals surface area (Å²) in [4.78, 5) is 19.2. The Kier molecular flexibility index (Phi) is 6.53. The molecule has 0 bridgehead atoms. The van der Waals surface area contributed by atoms with E-state index in [1.54, 1.807) is 0 Å². The molecular formula is C18H27ClN4O2. The Morgan fingerprint density at radius 2 is 1.72 bits per heavy atom. The zero-order chi connectivity index (χ0) is 17.6. The molecule has 0 spiro atoms. The highest BCUT2D eigenvalue weighted by Crippen LogP contribution is 2.23. The molecule has 2 fully saturated rings. The summed E-state index contributed by atoms with van der Waals surface area (Å²) in [5, 5.41) is 3.65. The lowest BCUT2D eigenvalue weighted by Gasteiger charge is -2.36. The number of benzene rings is 1. The maximum atomic E-state index is 12.5. The van der Waals surface area contributed by atoms with Crippen molar-refractivity contribution in [2.24, 2.45) is 0 Å². The van der Waals surface area contributed by atoms with Crippen LogP contribution >= 0.6 is 11.6 Å². The van der Waals surface area contributed by atoms with Gasteiger partial charge in [-0.15, -0.1) is 0 Å². The molecule has 6 nitrogen and oxygen atoms in total. The molecule has 2 saturated heterocycles. The standard InChI is InChI=1S/C18H27ClN4O2/c1-15-16(19)3-2-4-17(15)20-18(24)23-9-7-21(8-10-23)5-6-22-11-13-25-14-12-22/h2-4H,5-14H2,1H3,(H,20,24). The third kappa shape index (κ3) is 5.07. The van der Waals surface area contributed by atoms with Gasteiger partial charge in [0.05, 0.1) is 13.2 Å². The van der Waals surface area contributed by atoms with Crippen molar-refractivity contribution in [1.82, 2.24) is 14.7 Å². The molecule has 1 aromatic rings. The highest BCUT2D eigenvalue weighted by Gasteiger charge is 2.22. The van der Waals surface area contributed by atoms with E-state index < -0.39 is 0 Å². The SMILES string of the molecule is Cc1c(Cl)cccc1NC(=O)N1CCN(CCN2CCOCC2)CC1. The van der Waals surface area contributed by atoms with Crippen LogP contribution in [0.3, 0.4) is 0 Å². The van der Waals surface area contributed by atoms with Gasteiger partial charge in [-0.3, -0.25) is 9.80 Å². The van der Waals surface area contributed by atoms with Gasteiger partial charge in [-0.25, -0.2) is 4.79 Å². The van der Waals surface area contributed by atoms with Crippen LogP contribution in [-0.2, 0) is 4.74 Å². The van der Waals surface area contributed by atoms with Crippen LogP contribution in [0.15, 0.2) is 18.2 Å². The van der Waals surface area contributed by atoms with E-state index in [4.69, 9.17) is 16.3 Å². The summed E-state index contributed by atoms with van der Waals surface area (Å²) >= 11 is 6.12. The number of amides is 2. The molecule has 3 rings (SSSR count). The predicted molar refractivity (Wildman–Crippen MR) is 100 cm³/mol. The van der Waals surface area contributed by atoms with Crippen molar-refractivity contribution < 1.29 is 9.53 Å². The lowest BCUT2D eigenvalue weighted by atomic mass is 10.2. The number of nitrogens with zero attached hydrogens (tertiary/aromatic N) is 3. The Labute approximate surface area is 154 Å². The van der Waals surface area contributed by atoms with Gasteiger partial charge < -0.3 is 15.0 Å². The maximum Gasteiger partial charge on any atom is 0.321 e. The second kappa shape index (κ2) is 8.85. The molecule has 7 heteroatoms. The monoisotopic (exact) mass is 366 g/mol. The van der Waals surface area contributed by atoms with Crippen LogP contribution in [0.2, 0.25) is 5.02 Å². The number of hydrogen-bond donors (Lipinski definition) is 1. The lowest BCUT2D eigenvalue weighted by Crippen LogP contribution is -2.51. The largest absolute Gasteiger partial charge is 0.379 e. The van der Waals surface area contributed by atoms with Crippen molar-refractivity contribution in [3.63, 3.8) is 0 Å². The van der Waals surface area contributed by atoms with Crippen molar-refractivity contribution in [3.8, 4) is 0 Å². The van der Waals surface area contributed by atoms with Gasteiger partial charge in [-0.05, 0) is 24.6 Å². The number of carbonyl (C=O) groups is 1. The third-order valence-electron chi connectivity index (χ3n) is 5.00. The molecular weight excluding hydrogens is 340 g/mol. The maximum absolute atomic E-state index is 12.5. The summed E-state index contributed by atoms with van der Waals surface area (Å²) in [5.74, 6) is 0. The van der Waals surface area contributed by atoms with Gasteiger partial charge in [-0.2, -0.15) is 0 Å². The molecule has 2 aliphatic heterocycles. The van der Waals surface area contributed by atoms with E-state index in [-0.39, 0.29) is 6.03 Å². The van der Waals surface area contributed by atoms with Crippen molar-refractivity contribution in [2.45, 2.75) is 6.92 Å². The fourth-order valence-electron chi connectivity index (χ4n) is 3.22. The molecule has 1 N–H and O–H groups in total. The first-order valence-corrected chi connectivity index (χ1v) is 9.35. The number of rotatable bonds is 4. The Morgan fingerprint density at radius 1 is 1.08 bits per heavy atom. The summed E-state index contributed by atoms with van der Waals surface area (Å²) in [6, 6.07) is 5.53. The van der Waals surface area contributed by atoms with Crippen LogP contribution in [0.4, 0.5) is 10.5 Å². The Balaban J connectivity index is 1.42. The molecule has 0 aromatic heterocycles. The van der Waals surface area contributed by atoms with E-state index in [2.05, 4.69) is 15.1 Å². The number of nitrogens with one attached hydrogen (secondary N) is 1. The van der Waals surface area contributed by atoms with Crippen LogP contribution in [0.25, 0.3) is 0 Å². The average Bonchev–Trinajstić information content (AvgIpc) is 2.65. The topological polar surface area (TPSA) is 48.1 Å². The zero-order valence-electron chi connectivity index (χ0n) is 14.8. The molecule has 138 valence electrons. The van der Waals surface area contributed by atoms with Crippen LogP contribution in [-0.4, -0.2) is 86.3 Å². The Morgan fingerprint density at radius 3 is 2.40 bits per heavy atom. The number of halogens is 1. The summed E-state index contributed by atoms with van der Waals surface area (Å²) in [5.41, 5.74) is 1.69. The van der Waals surface area contributed by atoms with Gasteiger partial charge in [0.2, 0.25) is 0 Å². The number of urea groups is 1. The molecule has 0 saturated carbocycles. The quantitative estimate of drug-likeness (QED) is 0.886. The van der Waals surface area contributed by atoms with E-state index in [0.717, 1.165) is 76.8 Å². The van der Waals surface area contributed by atoms with E-state index in [9.17, 15) is 4.79 Å². The van der Waals surface area contributed by atoms with E-state index >= 15 is 0 Å². The molecule has 2 heterocycles. The van der Waals surface area contributed by atoms with Gasteiger partial charge >= 0.3 is 6.03 Å². The molecule has 0 atom stereocenters. The van der Waals surface area contributed by atoms with Crippen LogP contribution < -0.4 is 5.32 Å². The average molecular weight is 367 g/mol. The first kappa shape index (κ1) is 18.5. The zero-order valence-corrected chi connectivity index (χ0v) is 15.6. The number of anilines is 1. The molecule has 0 aliphatic carbocycles. The third-order valence-corrected chi connectivity index (χ3v) is 5.41. The number of hydrogen-bond acceptors (Lipinski definition) is 4. The van der Waals surface area contributed by atoms with E-state index in [1.807, 2.05) is 30.0 Å². The first-order valence-electron chi connectivity index (χ1n) is 8.97. The van der Waals surface area contributed by atoms with Crippen molar-refractivity contribution in [2.75, 3.05) is 70.9 Å². The second-order valence-corrected chi connectivity index (χ2v) is 7.03. The first-order chi connectivity index (χ1) is 12.1. The molecule has 25 heavy (non-hydrogen) atoms. The van der Waals surface area contributed by atoms with E-state index in [1.165, 1.54) is 0 Å². The van der Waals surface area contributed by atoms with Gasteiger partial charge in [-0.1, -0.05) is 17.7 Å². The summed E-state index contributed by atoms with van der Waals surface area (Å²) in [7, 11) is 0. The smallest absolute Gasteiger partial charge is 0.321 e. The molecule has 1 aromatic carbocycles. The number of carbonyl (C=O) groups excluding carboxylic acids is 1. The minimum absolute atomic E-state index is 0.0433. The van der Waals surface area contributed by atoms with Crippen LogP contribution in [0, 0.1) is 6.92 Å². The highest BCUT2D eigenvalue weighted by molar-refractivity contribution is 6.31. The number of morpholine rings is 1. The summed E-state index contributed by atoms with van der Waals surface area (Å²) in [6.07, 6.45) is 0. The minimum atomic E-state index is -0.0433. The summed E-state index contributed by atoms with van der Waals surface area (Å²) in [6.45, 7) is 11.2. The van der Waals surface area contributed by atoms with E-state index in [0.29, 0.717) is 5.02 Å². The molecule has 2 amide bonds. The highest BCUT2D eigenvalue weighted by atomic mass is 35.5. The molecule has 0 radical (unpaired) electrons. The number of ether oxygens (including phenoxy) is 1. The fourth-order valence-corrected chi connectivity index (χ4v) is 3.39. The molecule has 0 unspecified atom stereocenters. The van der Waals surface area contributed by atoms with Gasteiger partial charge in [0.1, 0.15) is 0 Å². The van der Waals surface area contributed by atoms with Crippen LogP contribution in [0.5, 0.6) is 0 Å².